The molecule has 0 spiro atoms. The molecule has 1 aromatic heterocycles. The zero-order valence-corrected chi connectivity index (χ0v) is 14.8. The Morgan fingerprint density at radius 3 is 2.25 bits per heavy atom. The number of hydrogen-bond acceptors (Lipinski definition) is 4. The van der Waals surface area contributed by atoms with Gasteiger partial charge in [-0.25, -0.2) is 8.42 Å². The zero-order chi connectivity index (χ0) is 17.6. The van der Waals surface area contributed by atoms with Gasteiger partial charge in [0.25, 0.3) is 0 Å². The molecule has 1 aliphatic heterocycles. The largest absolute Gasteiger partial charge is 0.316 e. The molecule has 3 rings (SSSR count). The molecule has 1 atom stereocenters. The van der Waals surface area contributed by atoms with Gasteiger partial charge in [0.1, 0.15) is 0 Å². The van der Waals surface area contributed by atoms with Crippen LogP contribution in [0, 0.1) is 0 Å². The molecule has 130 valence electrons. The van der Waals surface area contributed by atoms with Crippen LogP contribution in [0.5, 0.6) is 0 Å². The Bertz CT molecular complexity index is 1020. The first-order chi connectivity index (χ1) is 11.2. The molecule has 0 radical (unpaired) electrons. The van der Waals surface area contributed by atoms with Crippen molar-refractivity contribution in [1.29, 1.82) is 0 Å². The lowest BCUT2D eigenvalue weighted by Crippen LogP contribution is -2.42. The number of aromatic nitrogens is 2. The van der Waals surface area contributed by atoms with Crippen molar-refractivity contribution in [3.05, 3.63) is 38.9 Å². The molecule has 0 bridgehead atoms. The molecule has 0 N–H and O–H groups in total. The second-order valence-corrected chi connectivity index (χ2v) is 8.23. The average molecular weight is 351 g/mol. The normalized spacial score (nSPS) is 19.7. The summed E-state index contributed by atoms with van der Waals surface area (Å²) in [5.74, 6) is 0. The molecule has 8 heteroatoms. The molecule has 2 heterocycles. The van der Waals surface area contributed by atoms with E-state index in [4.69, 9.17) is 0 Å². The summed E-state index contributed by atoms with van der Waals surface area (Å²) in [6, 6.07) is 4.52. The first-order valence-corrected chi connectivity index (χ1v) is 9.41. The van der Waals surface area contributed by atoms with Crippen molar-refractivity contribution in [3.63, 3.8) is 0 Å². The van der Waals surface area contributed by atoms with Crippen molar-refractivity contribution in [3.8, 4) is 0 Å². The van der Waals surface area contributed by atoms with E-state index in [0.717, 1.165) is 19.3 Å². The third-order valence-corrected chi connectivity index (χ3v) is 6.82. The smallest absolute Gasteiger partial charge is 0.305 e. The number of nitrogens with zero attached hydrogens (tertiary/aromatic N) is 3. The van der Waals surface area contributed by atoms with Crippen LogP contribution in [0.1, 0.15) is 26.2 Å². The van der Waals surface area contributed by atoms with Crippen LogP contribution in [0.25, 0.3) is 11.0 Å². The van der Waals surface area contributed by atoms with Crippen molar-refractivity contribution in [2.75, 3.05) is 6.54 Å². The third kappa shape index (κ3) is 2.50. The molecule has 1 saturated heterocycles. The number of aryl methyl sites for hydroxylation is 2. The van der Waals surface area contributed by atoms with Crippen molar-refractivity contribution in [2.45, 2.75) is 37.1 Å². The Morgan fingerprint density at radius 1 is 1.00 bits per heavy atom. The molecule has 24 heavy (non-hydrogen) atoms. The lowest BCUT2D eigenvalue weighted by Gasteiger charge is -2.32. The minimum absolute atomic E-state index is 0.0385. The van der Waals surface area contributed by atoms with Gasteiger partial charge >= 0.3 is 11.1 Å². The Labute approximate surface area is 140 Å². The highest BCUT2D eigenvalue weighted by atomic mass is 32.2. The first-order valence-electron chi connectivity index (χ1n) is 7.97. The molecule has 7 nitrogen and oxygen atoms in total. The molecule has 0 amide bonds. The molecular weight excluding hydrogens is 330 g/mol. The number of sulfonamides is 1. The maximum absolute atomic E-state index is 13.0. The van der Waals surface area contributed by atoms with E-state index in [2.05, 4.69) is 0 Å². The van der Waals surface area contributed by atoms with Gasteiger partial charge in [0.05, 0.1) is 15.9 Å². The summed E-state index contributed by atoms with van der Waals surface area (Å²) in [4.78, 5) is 24.0. The summed E-state index contributed by atoms with van der Waals surface area (Å²) in [6.45, 7) is 2.42. The molecule has 0 aliphatic carbocycles. The average Bonchev–Trinajstić information content (AvgIpc) is 2.57. The Kier molecular flexibility index (Phi) is 4.13. The maximum atomic E-state index is 13.0. The van der Waals surface area contributed by atoms with Crippen LogP contribution in [0.4, 0.5) is 0 Å². The summed E-state index contributed by atoms with van der Waals surface area (Å²) in [7, 11) is -0.640. The van der Waals surface area contributed by atoms with Crippen LogP contribution in [0.15, 0.2) is 32.7 Å². The van der Waals surface area contributed by atoms with E-state index in [1.807, 2.05) is 6.92 Å². The summed E-state index contributed by atoms with van der Waals surface area (Å²) >= 11 is 0. The van der Waals surface area contributed by atoms with Gasteiger partial charge in [0.15, 0.2) is 0 Å². The van der Waals surface area contributed by atoms with Crippen LogP contribution in [-0.4, -0.2) is 34.4 Å². The van der Waals surface area contributed by atoms with Crippen molar-refractivity contribution in [2.24, 2.45) is 14.1 Å². The standard InChI is InChI=1S/C16H21N3O4S/c1-11-6-4-5-9-19(11)24(22,23)12-7-8-13-14(10-12)18(3)16(21)15(20)17(13)2/h7-8,10-11H,4-6,9H2,1-3H3. The fourth-order valence-corrected chi connectivity index (χ4v) is 5.01. The number of piperidine rings is 1. The molecule has 1 aromatic carbocycles. The van der Waals surface area contributed by atoms with Crippen LogP contribution < -0.4 is 11.1 Å². The highest BCUT2D eigenvalue weighted by Crippen LogP contribution is 2.26. The minimum atomic E-state index is -3.62. The summed E-state index contributed by atoms with van der Waals surface area (Å²) < 4.78 is 29.9. The van der Waals surface area contributed by atoms with Gasteiger partial charge in [0, 0.05) is 26.7 Å². The lowest BCUT2D eigenvalue weighted by molar-refractivity contribution is 0.268. The monoisotopic (exact) mass is 351 g/mol. The van der Waals surface area contributed by atoms with E-state index in [1.54, 1.807) is 6.07 Å². The topological polar surface area (TPSA) is 81.4 Å². The Hall–Kier alpha value is -1.93. The predicted molar refractivity (Wildman–Crippen MR) is 91.6 cm³/mol. The molecule has 2 aromatic rings. The van der Waals surface area contributed by atoms with Crippen LogP contribution in [0.2, 0.25) is 0 Å². The molecule has 1 aliphatic rings. The lowest BCUT2D eigenvalue weighted by atomic mass is 10.1. The minimum Gasteiger partial charge on any atom is -0.305 e. The zero-order valence-electron chi connectivity index (χ0n) is 14.0. The van der Waals surface area contributed by atoms with Crippen molar-refractivity contribution in [1.82, 2.24) is 13.4 Å². The van der Waals surface area contributed by atoms with Gasteiger partial charge in [-0.15, -0.1) is 0 Å². The van der Waals surface area contributed by atoms with Gasteiger partial charge in [-0.3, -0.25) is 9.59 Å². The summed E-state index contributed by atoms with van der Waals surface area (Å²) in [5.41, 5.74) is -0.364. The fourth-order valence-electron chi connectivity index (χ4n) is 3.29. The second-order valence-electron chi connectivity index (χ2n) is 6.34. The Balaban J connectivity index is 2.21. The molecule has 0 saturated carbocycles. The quantitative estimate of drug-likeness (QED) is 0.750. The van der Waals surface area contributed by atoms with Crippen LogP contribution in [0.3, 0.4) is 0 Å². The first kappa shape index (κ1) is 16.9. The van der Waals surface area contributed by atoms with E-state index in [9.17, 15) is 18.0 Å². The van der Waals surface area contributed by atoms with Gasteiger partial charge in [-0.2, -0.15) is 4.31 Å². The highest BCUT2D eigenvalue weighted by molar-refractivity contribution is 7.89. The number of fused-ring (bicyclic) bond motifs is 1. The van der Waals surface area contributed by atoms with Crippen LogP contribution >= 0.6 is 0 Å². The predicted octanol–water partition coefficient (Wildman–Crippen LogP) is 0.800. The van der Waals surface area contributed by atoms with E-state index >= 15 is 0 Å². The fraction of sp³-hybridized carbons (Fsp3) is 0.500. The SMILES string of the molecule is CC1CCCCN1S(=O)(=O)c1ccc2c(c1)n(C)c(=O)c(=O)n2C. The number of benzene rings is 1. The van der Waals surface area contributed by atoms with Crippen LogP contribution in [-0.2, 0) is 24.1 Å². The van der Waals surface area contributed by atoms with Gasteiger partial charge in [-0.1, -0.05) is 6.42 Å². The number of hydrogen-bond donors (Lipinski definition) is 0. The van der Waals surface area contributed by atoms with E-state index in [0.29, 0.717) is 17.6 Å². The van der Waals surface area contributed by atoms with Gasteiger partial charge in [-0.05, 0) is 38.0 Å². The van der Waals surface area contributed by atoms with Crippen molar-refractivity contribution < 1.29 is 8.42 Å². The maximum Gasteiger partial charge on any atom is 0.316 e. The van der Waals surface area contributed by atoms with E-state index in [-0.39, 0.29) is 10.9 Å². The summed E-state index contributed by atoms with van der Waals surface area (Å²) in [5, 5.41) is 0. The molecule has 1 fully saturated rings. The molecule has 1 unspecified atom stereocenters. The Morgan fingerprint density at radius 2 is 1.62 bits per heavy atom. The second kappa shape index (κ2) is 5.86. The highest BCUT2D eigenvalue weighted by Gasteiger charge is 2.31. The summed E-state index contributed by atoms with van der Waals surface area (Å²) in [6.07, 6.45) is 2.73. The van der Waals surface area contributed by atoms with Gasteiger partial charge in [0.2, 0.25) is 10.0 Å². The van der Waals surface area contributed by atoms with E-state index in [1.165, 1.54) is 39.7 Å². The van der Waals surface area contributed by atoms with E-state index < -0.39 is 21.1 Å². The van der Waals surface area contributed by atoms with Gasteiger partial charge < -0.3 is 9.13 Å². The molecular formula is C16H21N3O4S. The van der Waals surface area contributed by atoms with Crippen molar-refractivity contribution >= 4 is 21.1 Å². The number of rotatable bonds is 2. The third-order valence-electron chi connectivity index (χ3n) is 4.81.